The molecule has 7 nitrogen and oxygen atoms in total. The summed E-state index contributed by atoms with van der Waals surface area (Å²) < 4.78 is 7.74. The third kappa shape index (κ3) is 3.50. The Morgan fingerprint density at radius 2 is 2.37 bits per heavy atom. The summed E-state index contributed by atoms with van der Waals surface area (Å²) in [4.78, 5) is 6.58. The van der Waals surface area contributed by atoms with E-state index in [1.165, 1.54) is 0 Å². The average molecular weight is 268 g/mol. The molecule has 1 fully saturated rings. The van der Waals surface area contributed by atoms with Crippen LogP contribution in [-0.2, 0) is 11.2 Å². The molecule has 0 bridgehead atoms. The van der Waals surface area contributed by atoms with E-state index in [1.807, 2.05) is 4.68 Å². The molecule has 19 heavy (non-hydrogen) atoms. The molecule has 2 heterocycles. The molecule has 1 aromatic rings. The second-order valence-electron chi connectivity index (χ2n) is 5.36. The van der Waals surface area contributed by atoms with Crippen molar-refractivity contribution in [2.45, 2.75) is 38.5 Å². The van der Waals surface area contributed by atoms with Gasteiger partial charge in [-0.3, -0.25) is 11.3 Å². The van der Waals surface area contributed by atoms with Crippen LogP contribution < -0.4 is 11.3 Å². The highest BCUT2D eigenvalue weighted by molar-refractivity contribution is 4.94. The molecular formula is C12H24N6O. The first kappa shape index (κ1) is 14.4. The van der Waals surface area contributed by atoms with Crippen LogP contribution in [0.4, 0.5) is 0 Å². The van der Waals surface area contributed by atoms with Gasteiger partial charge in [-0.15, -0.1) is 0 Å². The van der Waals surface area contributed by atoms with E-state index in [1.54, 1.807) is 6.33 Å². The standard InChI is InChI=1S/C12H24N6O/c1-9(2)18-12(14-8-15-18)6-10(16-13)11-7-17(3)4-5-19-11/h8-11,16H,4-7,13H2,1-3H3. The van der Waals surface area contributed by atoms with E-state index in [4.69, 9.17) is 10.6 Å². The molecule has 1 aliphatic rings. The first-order chi connectivity index (χ1) is 9.11. The van der Waals surface area contributed by atoms with Crippen LogP contribution in [0.3, 0.4) is 0 Å². The lowest BCUT2D eigenvalue weighted by molar-refractivity contribution is -0.0389. The van der Waals surface area contributed by atoms with Crippen LogP contribution in [0.15, 0.2) is 6.33 Å². The molecule has 1 aliphatic heterocycles. The average Bonchev–Trinajstić information content (AvgIpc) is 2.84. The Bertz CT molecular complexity index is 393. The number of rotatable bonds is 5. The van der Waals surface area contributed by atoms with E-state index in [9.17, 15) is 0 Å². The summed E-state index contributed by atoms with van der Waals surface area (Å²) in [5, 5.41) is 4.25. The lowest BCUT2D eigenvalue weighted by Gasteiger charge is -2.34. The number of nitrogens with two attached hydrogens (primary N) is 1. The number of ether oxygens (including phenoxy) is 1. The normalized spacial score (nSPS) is 22.9. The molecule has 0 saturated carbocycles. The quantitative estimate of drug-likeness (QED) is 0.557. The second kappa shape index (κ2) is 6.42. The molecule has 2 unspecified atom stereocenters. The van der Waals surface area contributed by atoms with Crippen molar-refractivity contribution in [3.8, 4) is 0 Å². The first-order valence-electron chi connectivity index (χ1n) is 6.76. The van der Waals surface area contributed by atoms with E-state index in [-0.39, 0.29) is 12.1 Å². The van der Waals surface area contributed by atoms with Crippen molar-refractivity contribution in [3.63, 3.8) is 0 Å². The van der Waals surface area contributed by atoms with E-state index >= 15 is 0 Å². The van der Waals surface area contributed by atoms with Crippen LogP contribution in [0.1, 0.15) is 25.7 Å². The minimum Gasteiger partial charge on any atom is -0.374 e. The monoisotopic (exact) mass is 268 g/mol. The van der Waals surface area contributed by atoms with Crippen molar-refractivity contribution in [2.75, 3.05) is 26.7 Å². The Labute approximate surface area is 114 Å². The Balaban J connectivity index is 2.04. The number of nitrogens with one attached hydrogen (secondary N) is 1. The van der Waals surface area contributed by atoms with E-state index < -0.39 is 0 Å². The van der Waals surface area contributed by atoms with Gasteiger partial charge in [0.2, 0.25) is 0 Å². The van der Waals surface area contributed by atoms with Gasteiger partial charge in [0.15, 0.2) is 0 Å². The first-order valence-corrected chi connectivity index (χ1v) is 6.76. The Hall–Kier alpha value is -1.02. The fourth-order valence-electron chi connectivity index (χ4n) is 2.40. The number of hydrogen-bond donors (Lipinski definition) is 2. The van der Waals surface area contributed by atoms with Gasteiger partial charge in [-0.05, 0) is 20.9 Å². The molecule has 1 saturated heterocycles. The van der Waals surface area contributed by atoms with Crippen LogP contribution in [0.5, 0.6) is 0 Å². The maximum Gasteiger partial charge on any atom is 0.138 e. The topological polar surface area (TPSA) is 81.2 Å². The third-order valence-corrected chi connectivity index (χ3v) is 3.50. The van der Waals surface area contributed by atoms with Gasteiger partial charge >= 0.3 is 0 Å². The van der Waals surface area contributed by atoms with E-state index in [2.05, 4.69) is 41.3 Å². The summed E-state index contributed by atoms with van der Waals surface area (Å²) in [5.74, 6) is 6.63. The van der Waals surface area contributed by atoms with Gasteiger partial charge < -0.3 is 9.64 Å². The molecular weight excluding hydrogens is 244 g/mol. The summed E-state index contributed by atoms with van der Waals surface area (Å²) in [7, 11) is 2.10. The minimum atomic E-state index is 0.0458. The van der Waals surface area contributed by atoms with Gasteiger partial charge in [0.05, 0.1) is 18.8 Å². The third-order valence-electron chi connectivity index (χ3n) is 3.50. The Morgan fingerprint density at radius 1 is 1.58 bits per heavy atom. The zero-order valence-corrected chi connectivity index (χ0v) is 11.9. The molecule has 0 radical (unpaired) electrons. The van der Waals surface area contributed by atoms with Gasteiger partial charge in [-0.2, -0.15) is 5.10 Å². The Kier molecular flexibility index (Phi) is 4.87. The fraction of sp³-hybridized carbons (Fsp3) is 0.833. The smallest absolute Gasteiger partial charge is 0.138 e. The maximum absolute atomic E-state index is 5.81. The van der Waals surface area contributed by atoms with Crippen LogP contribution in [0, 0.1) is 0 Å². The van der Waals surface area contributed by atoms with Crippen molar-refractivity contribution in [1.29, 1.82) is 0 Å². The SMILES string of the molecule is CC(C)n1ncnc1CC(NN)C1CN(C)CCO1. The molecule has 0 aliphatic carbocycles. The van der Waals surface area contributed by atoms with Gasteiger partial charge in [-0.1, -0.05) is 0 Å². The predicted octanol–water partition coefficient (Wildman–Crippen LogP) is -0.436. The summed E-state index contributed by atoms with van der Waals surface area (Å²) in [5.41, 5.74) is 2.86. The van der Waals surface area contributed by atoms with Crippen LogP contribution in [0.25, 0.3) is 0 Å². The van der Waals surface area contributed by atoms with Crippen molar-refractivity contribution < 1.29 is 4.74 Å². The van der Waals surface area contributed by atoms with Crippen LogP contribution in [-0.4, -0.2) is 58.6 Å². The summed E-state index contributed by atoms with van der Waals surface area (Å²) in [6.07, 6.45) is 2.39. The summed E-state index contributed by atoms with van der Waals surface area (Å²) in [6.45, 7) is 6.78. The molecule has 3 N–H and O–H groups in total. The van der Waals surface area contributed by atoms with Gasteiger partial charge in [-0.25, -0.2) is 9.67 Å². The van der Waals surface area contributed by atoms with Crippen LogP contribution >= 0.6 is 0 Å². The number of nitrogens with zero attached hydrogens (tertiary/aromatic N) is 4. The van der Waals surface area contributed by atoms with Crippen molar-refractivity contribution >= 4 is 0 Å². The molecule has 0 spiro atoms. The molecule has 0 aromatic carbocycles. The molecule has 0 amide bonds. The van der Waals surface area contributed by atoms with E-state index in [0.717, 1.165) is 25.5 Å². The highest BCUT2D eigenvalue weighted by atomic mass is 16.5. The predicted molar refractivity (Wildman–Crippen MR) is 72.5 cm³/mol. The summed E-state index contributed by atoms with van der Waals surface area (Å²) >= 11 is 0. The molecule has 108 valence electrons. The highest BCUT2D eigenvalue weighted by Crippen LogP contribution is 2.13. The maximum atomic E-state index is 5.81. The highest BCUT2D eigenvalue weighted by Gasteiger charge is 2.27. The van der Waals surface area contributed by atoms with Gasteiger partial charge in [0, 0.05) is 25.6 Å². The van der Waals surface area contributed by atoms with Gasteiger partial charge in [0.25, 0.3) is 0 Å². The van der Waals surface area contributed by atoms with Crippen molar-refractivity contribution in [1.82, 2.24) is 25.1 Å². The number of likely N-dealkylation sites (N-methyl/N-ethyl adjacent to an activating group) is 1. The fourth-order valence-corrected chi connectivity index (χ4v) is 2.40. The summed E-state index contributed by atoms with van der Waals surface area (Å²) in [6, 6.07) is 0.343. The largest absolute Gasteiger partial charge is 0.374 e. The van der Waals surface area contributed by atoms with Crippen LogP contribution in [0.2, 0.25) is 0 Å². The van der Waals surface area contributed by atoms with Crippen molar-refractivity contribution in [3.05, 3.63) is 12.2 Å². The number of morpholine rings is 1. The molecule has 7 heteroatoms. The zero-order valence-electron chi connectivity index (χ0n) is 11.9. The minimum absolute atomic E-state index is 0.0458. The molecule has 2 atom stereocenters. The second-order valence-corrected chi connectivity index (χ2v) is 5.36. The van der Waals surface area contributed by atoms with E-state index in [0.29, 0.717) is 12.5 Å². The number of hydrazine groups is 1. The Morgan fingerprint density at radius 3 is 3.00 bits per heavy atom. The van der Waals surface area contributed by atoms with Crippen molar-refractivity contribution in [2.24, 2.45) is 5.84 Å². The molecule has 2 rings (SSSR count). The number of hydrogen-bond acceptors (Lipinski definition) is 6. The molecule has 1 aromatic heterocycles. The number of aromatic nitrogens is 3. The lowest BCUT2D eigenvalue weighted by Crippen LogP contribution is -2.54. The van der Waals surface area contributed by atoms with Gasteiger partial charge in [0.1, 0.15) is 12.2 Å². The zero-order chi connectivity index (χ0) is 13.8. The lowest BCUT2D eigenvalue weighted by atomic mass is 10.1.